The van der Waals surface area contributed by atoms with Gasteiger partial charge in [0.1, 0.15) is 0 Å². The first-order valence-electron chi connectivity index (χ1n) is 8.24. The Morgan fingerprint density at radius 2 is 1.85 bits per heavy atom. The summed E-state index contributed by atoms with van der Waals surface area (Å²) in [4.78, 5) is 18.2. The number of fused-ring (bicyclic) bond motifs is 1. The van der Waals surface area contributed by atoms with Crippen LogP contribution in [0.2, 0.25) is 5.28 Å². The minimum atomic E-state index is -3.72. The molecule has 0 bridgehead atoms. The van der Waals surface area contributed by atoms with Crippen molar-refractivity contribution < 1.29 is 22.7 Å². The van der Waals surface area contributed by atoms with Gasteiger partial charge >= 0.3 is 0 Å². The minimum absolute atomic E-state index is 0.0306. The molecule has 1 amide bonds. The van der Waals surface area contributed by atoms with Crippen LogP contribution in [0.15, 0.2) is 29.4 Å². The largest absolute Gasteiger partial charge is 0.454 e. The number of imidazole rings is 1. The molecule has 11 heteroatoms. The molecular formula is C16H17ClN4O5S. The lowest BCUT2D eigenvalue weighted by Gasteiger charge is -2.34. The van der Waals surface area contributed by atoms with Crippen molar-refractivity contribution in [2.24, 2.45) is 7.05 Å². The summed E-state index contributed by atoms with van der Waals surface area (Å²) >= 11 is 5.84. The summed E-state index contributed by atoms with van der Waals surface area (Å²) in [7, 11) is -2.18. The van der Waals surface area contributed by atoms with Crippen LogP contribution in [0.25, 0.3) is 0 Å². The Labute approximate surface area is 161 Å². The van der Waals surface area contributed by atoms with E-state index in [2.05, 4.69) is 4.98 Å². The fraction of sp³-hybridized carbons (Fsp3) is 0.375. The lowest BCUT2D eigenvalue weighted by Crippen LogP contribution is -2.50. The van der Waals surface area contributed by atoms with Gasteiger partial charge in [0.05, 0.1) is 6.20 Å². The molecule has 4 rings (SSSR count). The fourth-order valence-corrected chi connectivity index (χ4v) is 4.81. The first-order chi connectivity index (χ1) is 12.9. The summed E-state index contributed by atoms with van der Waals surface area (Å²) in [5.74, 6) is 0.973. The van der Waals surface area contributed by atoms with E-state index < -0.39 is 10.0 Å². The summed E-state index contributed by atoms with van der Waals surface area (Å²) in [6.07, 6.45) is 1.24. The van der Waals surface area contributed by atoms with Gasteiger partial charge in [0.15, 0.2) is 16.5 Å². The number of piperazine rings is 1. The minimum Gasteiger partial charge on any atom is -0.454 e. The number of ether oxygens (including phenoxy) is 2. The predicted octanol–water partition coefficient (Wildman–Crippen LogP) is 0.949. The average molecular weight is 413 g/mol. The van der Waals surface area contributed by atoms with Crippen LogP contribution in [0.3, 0.4) is 0 Å². The first-order valence-corrected chi connectivity index (χ1v) is 10.1. The quantitative estimate of drug-likeness (QED) is 0.745. The van der Waals surface area contributed by atoms with Crippen LogP contribution in [-0.4, -0.2) is 66.1 Å². The zero-order valence-corrected chi connectivity index (χ0v) is 16.0. The number of hydrogen-bond acceptors (Lipinski definition) is 6. The van der Waals surface area contributed by atoms with Gasteiger partial charge in [-0.15, -0.1) is 0 Å². The van der Waals surface area contributed by atoms with E-state index in [0.717, 1.165) is 0 Å². The standard InChI is InChI=1S/C16H17ClN4O5S/c1-19-14(9-18-16(19)17)27(23,24)21-6-4-20(5-7-21)15(22)11-2-3-12-13(8-11)26-10-25-12/h2-3,8-9H,4-7,10H2,1H3. The third kappa shape index (κ3) is 3.13. The van der Waals surface area contributed by atoms with E-state index >= 15 is 0 Å². The van der Waals surface area contributed by atoms with E-state index in [1.807, 2.05) is 0 Å². The van der Waals surface area contributed by atoms with Crippen LogP contribution in [0.4, 0.5) is 0 Å². The van der Waals surface area contributed by atoms with Crippen molar-refractivity contribution in [3.05, 3.63) is 35.2 Å². The van der Waals surface area contributed by atoms with E-state index in [1.165, 1.54) is 15.1 Å². The van der Waals surface area contributed by atoms with Gasteiger partial charge < -0.3 is 18.9 Å². The highest BCUT2D eigenvalue weighted by atomic mass is 35.5. The maximum atomic E-state index is 12.8. The van der Waals surface area contributed by atoms with E-state index in [4.69, 9.17) is 21.1 Å². The van der Waals surface area contributed by atoms with Gasteiger partial charge in [-0.05, 0) is 29.8 Å². The molecule has 0 unspecified atom stereocenters. The van der Waals surface area contributed by atoms with E-state index in [-0.39, 0.29) is 49.2 Å². The molecular weight excluding hydrogens is 396 g/mol. The Hall–Kier alpha value is -2.30. The number of carbonyl (C=O) groups excluding carboxylic acids is 1. The van der Waals surface area contributed by atoms with Gasteiger partial charge in [-0.3, -0.25) is 4.79 Å². The Bertz CT molecular complexity index is 998. The highest BCUT2D eigenvalue weighted by Gasteiger charge is 2.33. The number of halogens is 1. The number of nitrogens with zero attached hydrogens (tertiary/aromatic N) is 4. The van der Waals surface area contributed by atoms with Crippen molar-refractivity contribution in [2.75, 3.05) is 33.0 Å². The summed E-state index contributed by atoms with van der Waals surface area (Å²) in [6, 6.07) is 5.02. The fourth-order valence-electron chi connectivity index (χ4n) is 3.09. The second-order valence-electron chi connectivity index (χ2n) is 6.19. The highest BCUT2D eigenvalue weighted by molar-refractivity contribution is 7.89. The zero-order chi connectivity index (χ0) is 19.2. The number of hydrogen-bond donors (Lipinski definition) is 0. The monoisotopic (exact) mass is 412 g/mol. The van der Waals surface area contributed by atoms with Gasteiger partial charge in [-0.1, -0.05) is 0 Å². The van der Waals surface area contributed by atoms with Crippen LogP contribution >= 0.6 is 11.6 Å². The number of benzene rings is 1. The maximum Gasteiger partial charge on any atom is 0.260 e. The molecule has 9 nitrogen and oxygen atoms in total. The molecule has 0 atom stereocenters. The van der Waals surface area contributed by atoms with E-state index in [9.17, 15) is 13.2 Å². The molecule has 2 aliphatic heterocycles. The van der Waals surface area contributed by atoms with Gasteiger partial charge in [0, 0.05) is 38.8 Å². The van der Waals surface area contributed by atoms with Gasteiger partial charge in [-0.2, -0.15) is 4.31 Å². The smallest absolute Gasteiger partial charge is 0.260 e. The van der Waals surface area contributed by atoms with Crippen molar-refractivity contribution in [2.45, 2.75) is 5.03 Å². The summed E-state index contributed by atoms with van der Waals surface area (Å²) < 4.78 is 38.7. The summed E-state index contributed by atoms with van der Waals surface area (Å²) in [5.41, 5.74) is 0.481. The number of amides is 1. The van der Waals surface area contributed by atoms with Crippen LogP contribution < -0.4 is 9.47 Å². The molecule has 1 saturated heterocycles. The molecule has 1 aromatic heterocycles. The summed E-state index contributed by atoms with van der Waals surface area (Å²) in [6.45, 7) is 1.11. The topological polar surface area (TPSA) is 94.0 Å². The Balaban J connectivity index is 1.46. The van der Waals surface area contributed by atoms with Crippen molar-refractivity contribution >= 4 is 27.5 Å². The number of sulfonamides is 1. The molecule has 1 fully saturated rings. The number of rotatable bonds is 3. The van der Waals surface area contributed by atoms with Crippen LogP contribution in [-0.2, 0) is 17.1 Å². The van der Waals surface area contributed by atoms with E-state index in [0.29, 0.717) is 17.1 Å². The molecule has 27 heavy (non-hydrogen) atoms. The van der Waals surface area contributed by atoms with E-state index in [1.54, 1.807) is 30.1 Å². The molecule has 144 valence electrons. The molecule has 0 aliphatic carbocycles. The van der Waals surface area contributed by atoms with Crippen molar-refractivity contribution in [3.8, 4) is 11.5 Å². The second kappa shape index (κ2) is 6.70. The van der Waals surface area contributed by atoms with Crippen LogP contribution in [0.1, 0.15) is 10.4 Å². The number of aromatic nitrogens is 2. The second-order valence-corrected chi connectivity index (χ2v) is 8.41. The Morgan fingerprint density at radius 3 is 2.52 bits per heavy atom. The molecule has 0 N–H and O–H groups in total. The highest BCUT2D eigenvalue weighted by Crippen LogP contribution is 2.33. The van der Waals surface area contributed by atoms with Gasteiger partial charge in [0.25, 0.3) is 15.9 Å². The Kier molecular flexibility index (Phi) is 4.49. The molecule has 0 radical (unpaired) electrons. The Morgan fingerprint density at radius 1 is 1.15 bits per heavy atom. The third-order valence-electron chi connectivity index (χ3n) is 4.64. The lowest BCUT2D eigenvalue weighted by molar-refractivity contribution is 0.0697. The molecule has 3 heterocycles. The maximum absolute atomic E-state index is 12.8. The van der Waals surface area contributed by atoms with Crippen molar-refractivity contribution in [1.29, 1.82) is 0 Å². The SMILES string of the molecule is Cn1c(S(=O)(=O)N2CCN(C(=O)c3ccc4c(c3)OCO4)CC2)cnc1Cl. The van der Waals surface area contributed by atoms with Crippen molar-refractivity contribution in [1.82, 2.24) is 18.8 Å². The first kappa shape index (κ1) is 18.1. The third-order valence-corrected chi connectivity index (χ3v) is 6.94. The van der Waals surface area contributed by atoms with Crippen LogP contribution in [0.5, 0.6) is 11.5 Å². The molecule has 2 aromatic rings. The lowest BCUT2D eigenvalue weighted by atomic mass is 10.1. The molecule has 0 saturated carbocycles. The normalized spacial score (nSPS) is 17.3. The zero-order valence-electron chi connectivity index (χ0n) is 14.5. The molecule has 1 aromatic carbocycles. The number of carbonyl (C=O) groups is 1. The van der Waals surface area contributed by atoms with Crippen molar-refractivity contribution in [3.63, 3.8) is 0 Å². The van der Waals surface area contributed by atoms with Gasteiger partial charge in [-0.25, -0.2) is 13.4 Å². The summed E-state index contributed by atoms with van der Waals surface area (Å²) in [5, 5.41) is 0.133. The predicted molar refractivity (Wildman–Crippen MR) is 95.4 cm³/mol. The molecule has 2 aliphatic rings. The molecule has 0 spiro atoms. The van der Waals surface area contributed by atoms with Crippen LogP contribution in [0, 0.1) is 0 Å². The van der Waals surface area contributed by atoms with Gasteiger partial charge in [0.2, 0.25) is 12.1 Å². The average Bonchev–Trinajstić information content (AvgIpc) is 3.27.